The molecule has 4 aromatic rings. The Labute approximate surface area is 178 Å². The van der Waals surface area contributed by atoms with Gasteiger partial charge in [0.1, 0.15) is 12.2 Å². The second-order valence-electron chi connectivity index (χ2n) is 7.55. The normalized spacial score (nSPS) is 15.7. The number of thiophene rings is 1. The Bertz CT molecular complexity index is 1280. The van der Waals surface area contributed by atoms with Crippen molar-refractivity contribution in [3.05, 3.63) is 87.5 Å². The predicted molar refractivity (Wildman–Crippen MR) is 120 cm³/mol. The van der Waals surface area contributed by atoms with Crippen molar-refractivity contribution in [1.29, 1.82) is 0 Å². The van der Waals surface area contributed by atoms with Gasteiger partial charge >= 0.3 is 0 Å². The van der Waals surface area contributed by atoms with Gasteiger partial charge in [0, 0.05) is 5.39 Å². The molecule has 0 saturated heterocycles. The number of aromatic nitrogens is 2. The third kappa shape index (κ3) is 3.44. The van der Waals surface area contributed by atoms with Gasteiger partial charge in [0.2, 0.25) is 5.91 Å². The fraction of sp³-hybridized carbons (Fsp3) is 0.208. The van der Waals surface area contributed by atoms with Crippen LogP contribution in [0.15, 0.2) is 70.8 Å². The summed E-state index contributed by atoms with van der Waals surface area (Å²) in [6.45, 7) is -0.0965. The van der Waals surface area contributed by atoms with Crippen LogP contribution in [0.25, 0.3) is 21.3 Å². The fourth-order valence-electron chi connectivity index (χ4n) is 4.22. The standard InChI is InChI=1S/C24H21N3O2S/c28-22(25-20-12-5-8-16-7-1-2-9-17(16)20)15-27-24(29)19-11-4-3-10-18(19)23(26-27)21-13-6-14-30-21/h1-4,6-7,9-11,13-14,20H,5,8,12,15H2,(H,25,28)/t20-/m1/s1. The summed E-state index contributed by atoms with van der Waals surface area (Å²) in [6.07, 6.45) is 2.99. The molecule has 30 heavy (non-hydrogen) atoms. The minimum absolute atomic E-state index is 0.0182. The molecule has 2 aromatic carbocycles. The lowest BCUT2D eigenvalue weighted by atomic mass is 9.88. The molecule has 0 spiro atoms. The molecule has 0 saturated carbocycles. The number of nitrogens with one attached hydrogen (secondary N) is 1. The number of carbonyl (C=O) groups is 1. The third-order valence-electron chi connectivity index (χ3n) is 5.62. The molecule has 0 radical (unpaired) electrons. The van der Waals surface area contributed by atoms with Crippen molar-refractivity contribution in [1.82, 2.24) is 15.1 Å². The second kappa shape index (κ2) is 7.88. The van der Waals surface area contributed by atoms with E-state index in [9.17, 15) is 9.59 Å². The predicted octanol–water partition coefficient (Wildman–Crippen LogP) is 4.32. The Morgan fingerprint density at radius 3 is 2.70 bits per heavy atom. The fourth-order valence-corrected chi connectivity index (χ4v) is 4.94. The molecule has 0 aliphatic heterocycles. The van der Waals surface area contributed by atoms with Gasteiger partial charge in [-0.2, -0.15) is 5.10 Å². The first-order chi connectivity index (χ1) is 14.7. The first-order valence-corrected chi connectivity index (χ1v) is 11.0. The van der Waals surface area contributed by atoms with E-state index in [1.54, 1.807) is 17.4 Å². The van der Waals surface area contributed by atoms with Crippen LogP contribution in [-0.4, -0.2) is 15.7 Å². The van der Waals surface area contributed by atoms with Crippen LogP contribution in [-0.2, 0) is 17.8 Å². The highest BCUT2D eigenvalue weighted by Gasteiger charge is 2.22. The van der Waals surface area contributed by atoms with Crippen LogP contribution in [0.2, 0.25) is 0 Å². The van der Waals surface area contributed by atoms with Crippen LogP contribution >= 0.6 is 11.3 Å². The summed E-state index contributed by atoms with van der Waals surface area (Å²) >= 11 is 1.57. The number of amides is 1. The molecule has 0 unspecified atom stereocenters. The molecule has 1 aliphatic rings. The molecule has 1 N–H and O–H groups in total. The van der Waals surface area contributed by atoms with Gasteiger partial charge in [0.25, 0.3) is 5.56 Å². The van der Waals surface area contributed by atoms with Crippen molar-refractivity contribution >= 4 is 28.0 Å². The Morgan fingerprint density at radius 2 is 1.87 bits per heavy atom. The summed E-state index contributed by atoms with van der Waals surface area (Å²) in [5, 5.41) is 11.1. The highest BCUT2D eigenvalue weighted by Crippen LogP contribution is 2.30. The molecule has 2 aromatic heterocycles. The number of rotatable bonds is 4. The van der Waals surface area contributed by atoms with Crippen molar-refractivity contribution in [3.8, 4) is 10.6 Å². The lowest BCUT2D eigenvalue weighted by Gasteiger charge is -2.26. The zero-order chi connectivity index (χ0) is 20.5. The molecule has 1 aliphatic carbocycles. The van der Waals surface area contributed by atoms with E-state index in [2.05, 4.69) is 22.5 Å². The molecule has 6 heteroatoms. The van der Waals surface area contributed by atoms with Crippen molar-refractivity contribution < 1.29 is 4.79 Å². The van der Waals surface area contributed by atoms with Gasteiger partial charge in [-0.15, -0.1) is 11.3 Å². The molecule has 0 bridgehead atoms. The van der Waals surface area contributed by atoms with Crippen molar-refractivity contribution in [2.75, 3.05) is 0 Å². The lowest BCUT2D eigenvalue weighted by molar-refractivity contribution is -0.122. The van der Waals surface area contributed by atoms with Crippen LogP contribution in [0.1, 0.15) is 30.0 Å². The van der Waals surface area contributed by atoms with E-state index in [1.165, 1.54) is 15.8 Å². The average molecular weight is 416 g/mol. The summed E-state index contributed by atoms with van der Waals surface area (Å²) < 4.78 is 1.29. The number of nitrogens with zero attached hydrogens (tertiary/aromatic N) is 2. The summed E-state index contributed by atoms with van der Waals surface area (Å²) in [7, 11) is 0. The first kappa shape index (κ1) is 18.8. The summed E-state index contributed by atoms with van der Waals surface area (Å²) in [4.78, 5) is 26.8. The van der Waals surface area contributed by atoms with Gasteiger partial charge in [0.05, 0.1) is 16.3 Å². The van der Waals surface area contributed by atoms with Crippen molar-refractivity contribution in [2.24, 2.45) is 0 Å². The summed E-state index contributed by atoms with van der Waals surface area (Å²) in [5.74, 6) is -0.196. The zero-order valence-electron chi connectivity index (χ0n) is 16.4. The Kier molecular flexibility index (Phi) is 4.93. The zero-order valence-corrected chi connectivity index (χ0v) is 17.2. The number of hydrogen-bond acceptors (Lipinski definition) is 4. The van der Waals surface area contributed by atoms with Crippen LogP contribution in [0.5, 0.6) is 0 Å². The Morgan fingerprint density at radius 1 is 1.07 bits per heavy atom. The summed E-state index contributed by atoms with van der Waals surface area (Å²) in [5.41, 5.74) is 2.95. The van der Waals surface area contributed by atoms with Gasteiger partial charge in [0.15, 0.2) is 0 Å². The van der Waals surface area contributed by atoms with E-state index in [4.69, 9.17) is 0 Å². The molecular weight excluding hydrogens is 394 g/mol. The van der Waals surface area contributed by atoms with Crippen molar-refractivity contribution in [2.45, 2.75) is 31.8 Å². The van der Waals surface area contributed by atoms with Gasteiger partial charge in [-0.05, 0) is 47.9 Å². The summed E-state index contributed by atoms with van der Waals surface area (Å²) in [6, 6.07) is 19.6. The molecule has 5 rings (SSSR count). The van der Waals surface area contributed by atoms with Gasteiger partial charge in [-0.25, -0.2) is 4.68 Å². The highest BCUT2D eigenvalue weighted by molar-refractivity contribution is 7.13. The van der Waals surface area contributed by atoms with E-state index in [1.807, 2.05) is 47.8 Å². The van der Waals surface area contributed by atoms with Gasteiger partial charge in [-0.1, -0.05) is 48.5 Å². The Hall–Kier alpha value is -3.25. The quantitative estimate of drug-likeness (QED) is 0.540. The number of carbonyl (C=O) groups excluding carboxylic acids is 1. The second-order valence-corrected chi connectivity index (χ2v) is 8.49. The third-order valence-corrected chi connectivity index (χ3v) is 6.50. The number of benzene rings is 2. The van der Waals surface area contributed by atoms with Crippen molar-refractivity contribution in [3.63, 3.8) is 0 Å². The monoisotopic (exact) mass is 415 g/mol. The first-order valence-electron chi connectivity index (χ1n) is 10.1. The maximum absolute atomic E-state index is 13.0. The Balaban J connectivity index is 1.47. The van der Waals surface area contributed by atoms with Gasteiger partial charge < -0.3 is 5.32 Å². The molecule has 5 nitrogen and oxygen atoms in total. The minimum Gasteiger partial charge on any atom is -0.348 e. The maximum atomic E-state index is 13.0. The van der Waals surface area contributed by atoms with E-state index in [0.717, 1.165) is 35.2 Å². The average Bonchev–Trinajstić information content (AvgIpc) is 3.31. The number of aryl methyl sites for hydroxylation is 1. The number of fused-ring (bicyclic) bond motifs is 2. The molecule has 0 fully saturated rings. The highest BCUT2D eigenvalue weighted by atomic mass is 32.1. The molecule has 1 amide bonds. The minimum atomic E-state index is -0.245. The molecule has 1 atom stereocenters. The van der Waals surface area contributed by atoms with Crippen LogP contribution in [0, 0.1) is 0 Å². The van der Waals surface area contributed by atoms with E-state index >= 15 is 0 Å². The van der Waals surface area contributed by atoms with E-state index < -0.39 is 0 Å². The molecule has 150 valence electrons. The smallest absolute Gasteiger partial charge is 0.275 e. The topological polar surface area (TPSA) is 64.0 Å². The lowest BCUT2D eigenvalue weighted by Crippen LogP contribution is -2.37. The largest absolute Gasteiger partial charge is 0.348 e. The molecular formula is C24H21N3O2S. The van der Waals surface area contributed by atoms with E-state index in [-0.39, 0.29) is 24.1 Å². The van der Waals surface area contributed by atoms with Crippen LogP contribution in [0.3, 0.4) is 0 Å². The molecule has 2 heterocycles. The SMILES string of the molecule is O=C(Cn1nc(-c2cccs2)c2ccccc2c1=O)N[C@@H]1CCCc2ccccc21. The number of hydrogen-bond donors (Lipinski definition) is 1. The van der Waals surface area contributed by atoms with E-state index in [0.29, 0.717) is 5.39 Å². The van der Waals surface area contributed by atoms with Crippen LogP contribution in [0.4, 0.5) is 0 Å². The maximum Gasteiger partial charge on any atom is 0.275 e. The van der Waals surface area contributed by atoms with Gasteiger partial charge in [-0.3, -0.25) is 9.59 Å². The van der Waals surface area contributed by atoms with Crippen LogP contribution < -0.4 is 10.9 Å².